The Morgan fingerprint density at radius 3 is 2.52 bits per heavy atom. The van der Waals surface area contributed by atoms with E-state index in [4.69, 9.17) is 4.74 Å². The molecule has 8 heteroatoms. The first-order valence-electron chi connectivity index (χ1n) is 6.38. The van der Waals surface area contributed by atoms with Crippen LogP contribution in [0.2, 0.25) is 0 Å². The molecule has 0 aromatic heterocycles. The molecular formula is C13H21N3O4S. The zero-order chi connectivity index (χ0) is 16.0. The van der Waals surface area contributed by atoms with Gasteiger partial charge < -0.3 is 10.1 Å². The minimum Gasteiger partial charge on any atom is -0.495 e. The Morgan fingerprint density at radius 2 is 2.00 bits per heavy atom. The van der Waals surface area contributed by atoms with Crippen LogP contribution in [0.25, 0.3) is 0 Å². The molecule has 0 spiro atoms. The molecule has 0 fully saturated rings. The molecule has 0 bridgehead atoms. The second-order valence-electron chi connectivity index (χ2n) is 4.65. The Labute approximate surface area is 125 Å². The Balaban J connectivity index is 2.74. The molecule has 1 aromatic rings. The average Bonchev–Trinajstić information content (AvgIpc) is 2.38. The normalized spacial score (nSPS) is 11.5. The summed E-state index contributed by atoms with van der Waals surface area (Å²) < 4.78 is 31.9. The van der Waals surface area contributed by atoms with Crippen molar-refractivity contribution in [1.29, 1.82) is 0 Å². The van der Waals surface area contributed by atoms with Crippen LogP contribution in [0.4, 0.5) is 5.69 Å². The summed E-state index contributed by atoms with van der Waals surface area (Å²) >= 11 is 0. The molecule has 0 radical (unpaired) electrons. The molecule has 0 unspecified atom stereocenters. The highest BCUT2D eigenvalue weighted by molar-refractivity contribution is 7.87. The molecule has 0 saturated heterocycles. The van der Waals surface area contributed by atoms with Gasteiger partial charge in [0.05, 0.1) is 12.8 Å². The van der Waals surface area contributed by atoms with E-state index < -0.39 is 10.2 Å². The molecule has 0 aliphatic heterocycles. The van der Waals surface area contributed by atoms with Gasteiger partial charge in [-0.2, -0.15) is 12.7 Å². The van der Waals surface area contributed by atoms with Crippen molar-refractivity contribution in [2.24, 2.45) is 0 Å². The van der Waals surface area contributed by atoms with Crippen molar-refractivity contribution in [3.63, 3.8) is 0 Å². The number of rotatable bonds is 7. The summed E-state index contributed by atoms with van der Waals surface area (Å²) in [5.74, 6) is 0.363. The number of ether oxygens (including phenoxy) is 1. The van der Waals surface area contributed by atoms with Gasteiger partial charge in [-0.05, 0) is 24.1 Å². The number of carbonyl (C=O) groups excluding carboxylic acids is 1. The second-order valence-corrected chi connectivity index (χ2v) is 6.62. The quantitative estimate of drug-likeness (QED) is 0.771. The number of benzene rings is 1. The van der Waals surface area contributed by atoms with Gasteiger partial charge in [0, 0.05) is 27.6 Å². The maximum absolute atomic E-state index is 11.6. The number of nitrogens with one attached hydrogen (secondary N) is 2. The van der Waals surface area contributed by atoms with Gasteiger partial charge in [0.15, 0.2) is 0 Å². The number of hydrogen-bond donors (Lipinski definition) is 2. The third-order valence-electron chi connectivity index (χ3n) is 2.75. The molecule has 1 aromatic carbocycles. The van der Waals surface area contributed by atoms with Gasteiger partial charge in [-0.15, -0.1) is 0 Å². The highest BCUT2D eigenvalue weighted by atomic mass is 32.2. The molecule has 7 nitrogen and oxygen atoms in total. The number of anilines is 1. The van der Waals surface area contributed by atoms with E-state index in [2.05, 4.69) is 10.0 Å². The standard InChI is InChI=1S/C13H21N3O4S/c1-10(17)15-12-9-11(5-6-13(12)20-4)7-8-14-21(18,19)16(2)3/h5-6,9,14H,7-8H2,1-4H3,(H,15,17). The van der Waals surface area contributed by atoms with Crippen molar-refractivity contribution in [3.8, 4) is 5.75 Å². The van der Waals surface area contributed by atoms with E-state index in [1.807, 2.05) is 6.07 Å². The van der Waals surface area contributed by atoms with Gasteiger partial charge in [-0.1, -0.05) is 6.07 Å². The lowest BCUT2D eigenvalue weighted by Gasteiger charge is -2.13. The molecule has 2 N–H and O–H groups in total. The lowest BCUT2D eigenvalue weighted by atomic mass is 10.1. The number of amides is 1. The van der Waals surface area contributed by atoms with E-state index in [1.165, 1.54) is 28.1 Å². The molecule has 0 aliphatic carbocycles. The third-order valence-corrected chi connectivity index (χ3v) is 4.28. The van der Waals surface area contributed by atoms with E-state index >= 15 is 0 Å². The maximum Gasteiger partial charge on any atom is 0.278 e. The van der Waals surface area contributed by atoms with Crippen LogP contribution in [0.3, 0.4) is 0 Å². The smallest absolute Gasteiger partial charge is 0.278 e. The van der Waals surface area contributed by atoms with Crippen LogP contribution < -0.4 is 14.8 Å². The maximum atomic E-state index is 11.6. The van der Waals surface area contributed by atoms with E-state index in [0.29, 0.717) is 17.9 Å². The number of hydrogen-bond acceptors (Lipinski definition) is 4. The van der Waals surface area contributed by atoms with Crippen molar-refractivity contribution in [2.45, 2.75) is 13.3 Å². The van der Waals surface area contributed by atoms with Crippen molar-refractivity contribution in [3.05, 3.63) is 23.8 Å². The van der Waals surface area contributed by atoms with E-state index in [0.717, 1.165) is 9.87 Å². The highest BCUT2D eigenvalue weighted by Crippen LogP contribution is 2.25. The first kappa shape index (κ1) is 17.4. The van der Waals surface area contributed by atoms with Crippen LogP contribution in [-0.2, 0) is 21.4 Å². The van der Waals surface area contributed by atoms with Gasteiger partial charge in [0.1, 0.15) is 5.75 Å². The van der Waals surface area contributed by atoms with Crippen LogP contribution in [0.15, 0.2) is 18.2 Å². The minimum absolute atomic E-state index is 0.196. The summed E-state index contributed by atoms with van der Waals surface area (Å²) in [7, 11) is 1.02. The van der Waals surface area contributed by atoms with Crippen molar-refractivity contribution in [1.82, 2.24) is 9.03 Å². The first-order chi connectivity index (χ1) is 9.76. The zero-order valence-corrected chi connectivity index (χ0v) is 13.5. The Hall–Kier alpha value is -1.64. The lowest BCUT2D eigenvalue weighted by molar-refractivity contribution is -0.114. The van der Waals surface area contributed by atoms with E-state index in [-0.39, 0.29) is 12.5 Å². The number of carbonyl (C=O) groups is 1. The molecule has 21 heavy (non-hydrogen) atoms. The van der Waals surface area contributed by atoms with Crippen LogP contribution in [-0.4, -0.2) is 46.4 Å². The van der Waals surface area contributed by atoms with Crippen LogP contribution >= 0.6 is 0 Å². The second kappa shape index (κ2) is 7.39. The Kier molecular flexibility index (Phi) is 6.13. The fraction of sp³-hybridized carbons (Fsp3) is 0.462. The predicted octanol–water partition coefficient (Wildman–Crippen LogP) is 0.592. The van der Waals surface area contributed by atoms with E-state index in [1.54, 1.807) is 12.1 Å². The summed E-state index contributed by atoms with van der Waals surface area (Å²) in [5.41, 5.74) is 1.46. The molecule has 0 aliphatic rings. The largest absolute Gasteiger partial charge is 0.495 e. The first-order valence-corrected chi connectivity index (χ1v) is 7.82. The fourth-order valence-electron chi connectivity index (χ4n) is 1.65. The van der Waals surface area contributed by atoms with Gasteiger partial charge in [-0.25, -0.2) is 4.72 Å². The van der Waals surface area contributed by atoms with Crippen LogP contribution in [0.1, 0.15) is 12.5 Å². The summed E-state index contributed by atoms with van der Waals surface area (Å²) in [6, 6.07) is 5.33. The lowest BCUT2D eigenvalue weighted by Crippen LogP contribution is -2.36. The summed E-state index contributed by atoms with van der Waals surface area (Å²) in [6.07, 6.45) is 0.504. The predicted molar refractivity (Wildman–Crippen MR) is 81.6 cm³/mol. The molecular weight excluding hydrogens is 294 g/mol. The summed E-state index contributed by atoms with van der Waals surface area (Å²) in [6.45, 7) is 1.68. The number of methoxy groups -OCH3 is 1. The molecule has 0 heterocycles. The van der Waals surface area contributed by atoms with Gasteiger partial charge in [-0.3, -0.25) is 4.79 Å². The Morgan fingerprint density at radius 1 is 1.33 bits per heavy atom. The van der Waals surface area contributed by atoms with E-state index in [9.17, 15) is 13.2 Å². The average molecular weight is 315 g/mol. The summed E-state index contributed by atoms with van der Waals surface area (Å²) in [4.78, 5) is 11.1. The Bertz CT molecular complexity index is 599. The SMILES string of the molecule is COc1ccc(CCNS(=O)(=O)N(C)C)cc1NC(C)=O. The van der Waals surface area contributed by atoms with Crippen molar-refractivity contribution in [2.75, 3.05) is 33.1 Å². The van der Waals surface area contributed by atoms with Gasteiger partial charge in [0.25, 0.3) is 10.2 Å². The topological polar surface area (TPSA) is 87.7 Å². The third kappa shape index (κ3) is 5.33. The molecule has 118 valence electrons. The highest BCUT2D eigenvalue weighted by Gasteiger charge is 2.12. The van der Waals surface area contributed by atoms with Gasteiger partial charge >= 0.3 is 0 Å². The molecule has 1 rings (SSSR count). The zero-order valence-electron chi connectivity index (χ0n) is 12.6. The van der Waals surface area contributed by atoms with Gasteiger partial charge in [0.2, 0.25) is 5.91 Å². The molecule has 0 saturated carbocycles. The monoisotopic (exact) mass is 315 g/mol. The molecule has 0 atom stereocenters. The van der Waals surface area contributed by atoms with Crippen LogP contribution in [0.5, 0.6) is 5.75 Å². The van der Waals surface area contributed by atoms with Crippen molar-refractivity contribution < 1.29 is 17.9 Å². The van der Waals surface area contributed by atoms with Crippen LogP contribution in [0, 0.1) is 0 Å². The fourth-order valence-corrected chi connectivity index (χ4v) is 2.27. The minimum atomic E-state index is -3.42. The van der Waals surface area contributed by atoms with Crippen molar-refractivity contribution >= 4 is 21.8 Å². The number of nitrogens with zero attached hydrogens (tertiary/aromatic N) is 1. The summed E-state index contributed by atoms with van der Waals surface area (Å²) in [5, 5.41) is 2.68. The molecule has 1 amide bonds.